The molecule has 1 saturated carbocycles. The highest BCUT2D eigenvalue weighted by atomic mass is 16.4. The largest absolute Gasteiger partial charge is 0.480 e. The Labute approximate surface area is 112 Å². The maximum absolute atomic E-state index is 12.1. The van der Waals surface area contributed by atoms with Crippen LogP contribution in [0.5, 0.6) is 0 Å². The number of carbonyl (C=O) groups excluding carboxylic acids is 2. The van der Waals surface area contributed by atoms with Crippen LogP contribution in [-0.4, -0.2) is 46.4 Å². The average Bonchev–Trinajstić information content (AvgIpc) is 2.39. The molecule has 1 atom stereocenters. The van der Waals surface area contributed by atoms with E-state index < -0.39 is 18.0 Å². The van der Waals surface area contributed by atoms with Gasteiger partial charge in [0.2, 0.25) is 0 Å². The number of hydrogen-bond acceptors (Lipinski definition) is 3. The lowest BCUT2D eigenvalue weighted by Gasteiger charge is -2.34. The van der Waals surface area contributed by atoms with E-state index in [4.69, 9.17) is 5.11 Å². The summed E-state index contributed by atoms with van der Waals surface area (Å²) in [4.78, 5) is 35.9. The minimum Gasteiger partial charge on any atom is -0.480 e. The molecule has 2 fully saturated rings. The van der Waals surface area contributed by atoms with Crippen molar-refractivity contribution in [1.82, 2.24) is 10.2 Å². The molecular weight excluding hydrogens is 248 g/mol. The monoisotopic (exact) mass is 268 g/mol. The Bertz CT molecular complexity index is 377. The first-order chi connectivity index (χ1) is 9.08. The molecule has 0 spiro atoms. The van der Waals surface area contributed by atoms with Crippen molar-refractivity contribution < 1.29 is 19.5 Å². The number of piperidine rings is 1. The summed E-state index contributed by atoms with van der Waals surface area (Å²) in [7, 11) is 0. The number of ketones is 1. The van der Waals surface area contributed by atoms with E-state index >= 15 is 0 Å². The second kappa shape index (κ2) is 6.04. The number of rotatable bonds is 2. The number of hydrogen-bond donors (Lipinski definition) is 2. The summed E-state index contributed by atoms with van der Waals surface area (Å²) < 4.78 is 0. The third-order valence-electron chi connectivity index (χ3n) is 3.90. The summed E-state index contributed by atoms with van der Waals surface area (Å²) in [5, 5.41) is 12.0. The van der Waals surface area contributed by atoms with Crippen molar-refractivity contribution in [3.63, 3.8) is 0 Å². The minimum atomic E-state index is -1.04. The maximum atomic E-state index is 12.1. The molecule has 0 aromatic rings. The van der Waals surface area contributed by atoms with Gasteiger partial charge in [0, 0.05) is 12.5 Å². The molecule has 19 heavy (non-hydrogen) atoms. The number of carbonyl (C=O) groups is 3. The molecule has 2 rings (SSSR count). The van der Waals surface area contributed by atoms with Crippen LogP contribution in [0, 0.1) is 0 Å². The summed E-state index contributed by atoms with van der Waals surface area (Å²) in [5.74, 6) is -1.11. The van der Waals surface area contributed by atoms with E-state index in [1.54, 1.807) is 0 Å². The Morgan fingerprint density at radius 2 is 1.84 bits per heavy atom. The summed E-state index contributed by atoms with van der Waals surface area (Å²) in [5.41, 5.74) is 0. The first-order valence-electron chi connectivity index (χ1n) is 6.89. The zero-order chi connectivity index (χ0) is 13.8. The Kier molecular flexibility index (Phi) is 4.39. The number of urea groups is 1. The second-order valence-corrected chi connectivity index (χ2v) is 5.34. The van der Waals surface area contributed by atoms with E-state index in [1.165, 1.54) is 11.3 Å². The SMILES string of the molecule is O=C1CCC(C(=O)O)N(C(=O)NC2CCCCC2)C1. The Morgan fingerprint density at radius 1 is 1.16 bits per heavy atom. The van der Waals surface area contributed by atoms with Gasteiger partial charge in [-0.1, -0.05) is 19.3 Å². The quantitative estimate of drug-likeness (QED) is 0.786. The van der Waals surface area contributed by atoms with Gasteiger partial charge in [-0.25, -0.2) is 9.59 Å². The molecule has 1 unspecified atom stereocenters. The summed E-state index contributed by atoms with van der Waals surface area (Å²) in [6.07, 6.45) is 5.69. The lowest BCUT2D eigenvalue weighted by atomic mass is 9.95. The van der Waals surface area contributed by atoms with Crippen molar-refractivity contribution in [2.75, 3.05) is 6.54 Å². The summed E-state index contributed by atoms with van der Waals surface area (Å²) >= 11 is 0. The Balaban J connectivity index is 1.97. The van der Waals surface area contributed by atoms with Crippen LogP contribution in [0.25, 0.3) is 0 Å². The van der Waals surface area contributed by atoms with Crippen LogP contribution in [0.15, 0.2) is 0 Å². The van der Waals surface area contributed by atoms with E-state index in [0.29, 0.717) is 0 Å². The van der Waals surface area contributed by atoms with Gasteiger partial charge in [-0.15, -0.1) is 0 Å². The number of carboxylic acids is 1. The van der Waals surface area contributed by atoms with Crippen LogP contribution in [0.4, 0.5) is 4.79 Å². The van der Waals surface area contributed by atoms with Gasteiger partial charge in [-0.3, -0.25) is 4.79 Å². The third-order valence-corrected chi connectivity index (χ3v) is 3.90. The maximum Gasteiger partial charge on any atom is 0.326 e. The molecule has 1 aliphatic carbocycles. The molecule has 0 aromatic carbocycles. The van der Waals surface area contributed by atoms with Crippen LogP contribution >= 0.6 is 0 Å². The van der Waals surface area contributed by atoms with E-state index in [9.17, 15) is 14.4 Å². The molecule has 6 heteroatoms. The molecule has 0 bridgehead atoms. The number of carboxylic acid groups (broad SMARTS) is 1. The van der Waals surface area contributed by atoms with Gasteiger partial charge in [-0.05, 0) is 19.3 Å². The van der Waals surface area contributed by atoms with Gasteiger partial charge in [0.25, 0.3) is 0 Å². The summed E-state index contributed by atoms with van der Waals surface area (Å²) in [6, 6.07) is -1.17. The van der Waals surface area contributed by atoms with Crippen LogP contribution < -0.4 is 5.32 Å². The second-order valence-electron chi connectivity index (χ2n) is 5.34. The molecule has 1 aliphatic heterocycles. The molecule has 2 N–H and O–H groups in total. The highest BCUT2D eigenvalue weighted by Gasteiger charge is 2.35. The Hall–Kier alpha value is -1.59. The van der Waals surface area contributed by atoms with Crippen molar-refractivity contribution in [3.8, 4) is 0 Å². The average molecular weight is 268 g/mol. The molecule has 1 saturated heterocycles. The van der Waals surface area contributed by atoms with Crippen molar-refractivity contribution in [2.45, 2.75) is 57.0 Å². The fourth-order valence-electron chi connectivity index (χ4n) is 2.81. The highest BCUT2D eigenvalue weighted by Crippen LogP contribution is 2.19. The third kappa shape index (κ3) is 3.45. The van der Waals surface area contributed by atoms with Crippen molar-refractivity contribution in [3.05, 3.63) is 0 Å². The minimum absolute atomic E-state index is 0.0729. The van der Waals surface area contributed by atoms with Crippen LogP contribution in [0.2, 0.25) is 0 Å². The topological polar surface area (TPSA) is 86.7 Å². The number of Topliss-reactive ketones (excluding diaryl/α,β-unsaturated/α-hetero) is 1. The smallest absolute Gasteiger partial charge is 0.326 e. The number of nitrogens with zero attached hydrogens (tertiary/aromatic N) is 1. The molecule has 0 aromatic heterocycles. The predicted octanol–water partition coefficient (Wildman–Crippen LogP) is 1.15. The van der Waals surface area contributed by atoms with Crippen molar-refractivity contribution >= 4 is 17.8 Å². The van der Waals surface area contributed by atoms with Crippen molar-refractivity contribution in [1.29, 1.82) is 0 Å². The van der Waals surface area contributed by atoms with E-state index in [2.05, 4.69) is 5.32 Å². The van der Waals surface area contributed by atoms with Crippen LogP contribution in [0.3, 0.4) is 0 Å². The molecule has 2 aliphatic rings. The first kappa shape index (κ1) is 13.8. The fourth-order valence-corrected chi connectivity index (χ4v) is 2.81. The Morgan fingerprint density at radius 3 is 2.47 bits per heavy atom. The molecule has 2 amide bonds. The van der Waals surface area contributed by atoms with Crippen molar-refractivity contribution in [2.24, 2.45) is 0 Å². The van der Waals surface area contributed by atoms with Gasteiger partial charge >= 0.3 is 12.0 Å². The zero-order valence-electron chi connectivity index (χ0n) is 10.9. The number of amides is 2. The zero-order valence-corrected chi connectivity index (χ0v) is 10.9. The molecule has 6 nitrogen and oxygen atoms in total. The van der Waals surface area contributed by atoms with E-state index in [1.807, 2.05) is 0 Å². The standard InChI is InChI=1S/C13H20N2O4/c16-10-6-7-11(12(17)18)15(8-10)13(19)14-9-4-2-1-3-5-9/h9,11H,1-8H2,(H,14,19)(H,17,18). The van der Waals surface area contributed by atoms with Gasteiger partial charge in [0.1, 0.15) is 6.04 Å². The molecular formula is C13H20N2O4. The predicted molar refractivity (Wildman–Crippen MR) is 67.8 cm³/mol. The number of likely N-dealkylation sites (tertiary alicyclic amines) is 1. The molecule has 106 valence electrons. The summed E-state index contributed by atoms with van der Waals surface area (Å²) in [6.45, 7) is -0.0878. The van der Waals surface area contributed by atoms with E-state index in [-0.39, 0.29) is 31.2 Å². The van der Waals surface area contributed by atoms with Gasteiger partial charge in [0.15, 0.2) is 5.78 Å². The fraction of sp³-hybridized carbons (Fsp3) is 0.769. The van der Waals surface area contributed by atoms with Crippen LogP contribution in [-0.2, 0) is 9.59 Å². The molecule has 0 radical (unpaired) electrons. The van der Waals surface area contributed by atoms with E-state index in [0.717, 1.165) is 25.7 Å². The number of aliphatic carboxylic acids is 1. The lowest BCUT2D eigenvalue weighted by Crippen LogP contribution is -2.56. The van der Waals surface area contributed by atoms with Gasteiger partial charge in [-0.2, -0.15) is 0 Å². The first-order valence-corrected chi connectivity index (χ1v) is 6.89. The normalized spacial score (nSPS) is 25.2. The number of nitrogens with one attached hydrogen (secondary N) is 1. The van der Waals surface area contributed by atoms with Crippen LogP contribution in [0.1, 0.15) is 44.9 Å². The van der Waals surface area contributed by atoms with Gasteiger partial charge < -0.3 is 15.3 Å². The lowest BCUT2D eigenvalue weighted by molar-refractivity contribution is -0.144. The highest BCUT2D eigenvalue weighted by molar-refractivity contribution is 5.91. The van der Waals surface area contributed by atoms with Gasteiger partial charge in [0.05, 0.1) is 6.54 Å². The molecule has 1 heterocycles.